The Morgan fingerprint density at radius 1 is 1.23 bits per heavy atom. The molecule has 1 N–H and O–H groups in total. The zero-order chi connectivity index (χ0) is 9.10. The Morgan fingerprint density at radius 3 is 2.54 bits per heavy atom. The van der Waals surface area contributed by atoms with E-state index >= 15 is 0 Å². The Labute approximate surface area is 80.3 Å². The molecule has 2 nitrogen and oxygen atoms in total. The van der Waals surface area contributed by atoms with Gasteiger partial charge in [0.25, 0.3) is 0 Å². The van der Waals surface area contributed by atoms with E-state index in [1.54, 1.807) is 0 Å². The summed E-state index contributed by atoms with van der Waals surface area (Å²) in [6.07, 6.45) is 7.80. The summed E-state index contributed by atoms with van der Waals surface area (Å²) in [6, 6.07) is 2.93. The lowest BCUT2D eigenvalue weighted by Crippen LogP contribution is -2.44. The van der Waals surface area contributed by atoms with Gasteiger partial charge in [0.1, 0.15) is 0 Å². The standard InChI is InChI=1S/C11H18N2/c12-6-1-7-13-11-8-9-2-4-10(11)5-3-9/h9-11,13H,1-5,7-8H2. The van der Waals surface area contributed by atoms with Crippen LogP contribution in [0, 0.1) is 23.2 Å². The number of hydrogen-bond donors (Lipinski definition) is 1. The van der Waals surface area contributed by atoms with Gasteiger partial charge >= 0.3 is 0 Å². The molecule has 1 unspecified atom stereocenters. The SMILES string of the molecule is N#CCCNC1CC2CCC1CC2. The molecule has 0 aromatic heterocycles. The molecule has 0 radical (unpaired) electrons. The molecule has 2 heteroatoms. The Hall–Kier alpha value is -0.550. The van der Waals surface area contributed by atoms with Crippen molar-refractivity contribution in [1.82, 2.24) is 5.32 Å². The van der Waals surface area contributed by atoms with Crippen molar-refractivity contribution in [3.8, 4) is 6.07 Å². The quantitative estimate of drug-likeness (QED) is 0.671. The van der Waals surface area contributed by atoms with Crippen LogP contribution in [0.15, 0.2) is 0 Å². The van der Waals surface area contributed by atoms with Crippen LogP contribution in [0.25, 0.3) is 0 Å². The van der Waals surface area contributed by atoms with Crippen LogP contribution in [0.4, 0.5) is 0 Å². The van der Waals surface area contributed by atoms with Crippen molar-refractivity contribution in [1.29, 1.82) is 5.26 Å². The molecule has 3 aliphatic rings. The molecule has 13 heavy (non-hydrogen) atoms. The monoisotopic (exact) mass is 178 g/mol. The molecule has 1 atom stereocenters. The summed E-state index contributed by atoms with van der Waals surface area (Å²) in [7, 11) is 0. The molecule has 72 valence electrons. The molecule has 0 aromatic rings. The van der Waals surface area contributed by atoms with Crippen LogP contribution < -0.4 is 5.32 Å². The summed E-state index contributed by atoms with van der Waals surface area (Å²) < 4.78 is 0. The van der Waals surface area contributed by atoms with Crippen molar-refractivity contribution >= 4 is 0 Å². The van der Waals surface area contributed by atoms with Crippen LogP contribution in [0.2, 0.25) is 0 Å². The number of nitriles is 1. The molecule has 2 bridgehead atoms. The average molecular weight is 178 g/mol. The first-order chi connectivity index (χ1) is 6.40. The third kappa shape index (κ3) is 2.03. The highest BCUT2D eigenvalue weighted by atomic mass is 14.9. The van der Waals surface area contributed by atoms with E-state index in [1.807, 2.05) is 0 Å². The topological polar surface area (TPSA) is 35.8 Å². The summed E-state index contributed by atoms with van der Waals surface area (Å²) in [5, 5.41) is 12.0. The van der Waals surface area contributed by atoms with Gasteiger partial charge in [0.05, 0.1) is 6.07 Å². The summed E-state index contributed by atoms with van der Waals surface area (Å²) >= 11 is 0. The zero-order valence-corrected chi connectivity index (χ0v) is 8.13. The maximum atomic E-state index is 8.44. The molecule has 0 heterocycles. The predicted molar refractivity (Wildman–Crippen MR) is 52.1 cm³/mol. The first kappa shape index (κ1) is 9.02. The second-order valence-electron chi connectivity index (χ2n) is 4.49. The maximum absolute atomic E-state index is 8.44. The molecule has 0 aliphatic heterocycles. The highest BCUT2D eigenvalue weighted by Gasteiger charge is 2.34. The van der Waals surface area contributed by atoms with Gasteiger partial charge in [-0.25, -0.2) is 0 Å². The van der Waals surface area contributed by atoms with Crippen molar-refractivity contribution in [3.05, 3.63) is 0 Å². The van der Waals surface area contributed by atoms with E-state index in [0.717, 1.165) is 24.4 Å². The summed E-state index contributed by atoms with van der Waals surface area (Å²) in [4.78, 5) is 0. The average Bonchev–Trinajstić information content (AvgIpc) is 2.20. The van der Waals surface area contributed by atoms with Crippen molar-refractivity contribution < 1.29 is 0 Å². The van der Waals surface area contributed by atoms with Gasteiger partial charge in [0, 0.05) is 19.0 Å². The fourth-order valence-corrected chi connectivity index (χ4v) is 2.94. The van der Waals surface area contributed by atoms with Crippen LogP contribution in [0.3, 0.4) is 0 Å². The molecule has 3 fully saturated rings. The fourth-order valence-electron chi connectivity index (χ4n) is 2.94. The van der Waals surface area contributed by atoms with Gasteiger partial charge in [-0.1, -0.05) is 12.8 Å². The minimum atomic E-state index is 0.661. The first-order valence-corrected chi connectivity index (χ1v) is 5.50. The Balaban J connectivity index is 1.77. The molecule has 0 saturated heterocycles. The van der Waals surface area contributed by atoms with Crippen molar-refractivity contribution in [2.45, 2.75) is 44.6 Å². The number of hydrogen-bond acceptors (Lipinski definition) is 2. The highest BCUT2D eigenvalue weighted by molar-refractivity contribution is 4.90. The second-order valence-corrected chi connectivity index (χ2v) is 4.49. The van der Waals surface area contributed by atoms with Crippen molar-refractivity contribution in [3.63, 3.8) is 0 Å². The molecular formula is C11H18N2. The molecular weight excluding hydrogens is 160 g/mol. The zero-order valence-electron chi connectivity index (χ0n) is 8.13. The summed E-state index contributed by atoms with van der Waals surface area (Å²) in [6.45, 7) is 0.893. The van der Waals surface area contributed by atoms with Crippen LogP contribution in [-0.4, -0.2) is 12.6 Å². The van der Waals surface area contributed by atoms with E-state index in [2.05, 4.69) is 11.4 Å². The lowest BCUT2D eigenvalue weighted by molar-refractivity contribution is 0.125. The van der Waals surface area contributed by atoms with Gasteiger partial charge < -0.3 is 5.32 Å². The van der Waals surface area contributed by atoms with Gasteiger partial charge in [-0.2, -0.15) is 5.26 Å². The third-order valence-electron chi connectivity index (χ3n) is 3.69. The van der Waals surface area contributed by atoms with E-state index in [0.29, 0.717) is 6.42 Å². The van der Waals surface area contributed by atoms with Gasteiger partial charge in [-0.05, 0) is 31.1 Å². The minimum Gasteiger partial charge on any atom is -0.313 e. The van der Waals surface area contributed by atoms with Crippen LogP contribution in [-0.2, 0) is 0 Å². The molecule has 3 saturated carbocycles. The smallest absolute Gasteiger partial charge is 0.0635 e. The third-order valence-corrected chi connectivity index (χ3v) is 3.69. The largest absolute Gasteiger partial charge is 0.313 e. The van der Waals surface area contributed by atoms with Gasteiger partial charge in [0.15, 0.2) is 0 Å². The van der Waals surface area contributed by atoms with E-state index in [9.17, 15) is 0 Å². The summed E-state index contributed by atoms with van der Waals surface area (Å²) in [5.41, 5.74) is 0. The first-order valence-electron chi connectivity index (χ1n) is 5.50. The van der Waals surface area contributed by atoms with E-state index < -0.39 is 0 Å². The van der Waals surface area contributed by atoms with E-state index in [1.165, 1.54) is 32.1 Å². The Bertz CT molecular complexity index is 199. The number of nitrogens with one attached hydrogen (secondary N) is 1. The van der Waals surface area contributed by atoms with Gasteiger partial charge in [-0.3, -0.25) is 0 Å². The Morgan fingerprint density at radius 2 is 2.00 bits per heavy atom. The minimum absolute atomic E-state index is 0.661. The molecule has 0 spiro atoms. The lowest BCUT2D eigenvalue weighted by Gasteiger charge is -2.42. The maximum Gasteiger partial charge on any atom is 0.0635 e. The van der Waals surface area contributed by atoms with Crippen molar-refractivity contribution in [2.24, 2.45) is 11.8 Å². The molecule has 3 rings (SSSR count). The van der Waals surface area contributed by atoms with Gasteiger partial charge in [-0.15, -0.1) is 0 Å². The highest BCUT2D eigenvalue weighted by Crippen LogP contribution is 2.41. The molecule has 3 aliphatic carbocycles. The van der Waals surface area contributed by atoms with Crippen molar-refractivity contribution in [2.75, 3.05) is 6.54 Å². The Kier molecular flexibility index (Phi) is 2.85. The van der Waals surface area contributed by atoms with Crippen LogP contribution in [0.5, 0.6) is 0 Å². The number of rotatable bonds is 3. The fraction of sp³-hybridized carbons (Fsp3) is 0.909. The lowest BCUT2D eigenvalue weighted by atomic mass is 9.68. The second kappa shape index (κ2) is 4.11. The van der Waals surface area contributed by atoms with Crippen LogP contribution in [0.1, 0.15) is 38.5 Å². The number of fused-ring (bicyclic) bond motifs is 3. The van der Waals surface area contributed by atoms with E-state index in [-0.39, 0.29) is 0 Å². The summed E-state index contributed by atoms with van der Waals surface area (Å²) in [5.74, 6) is 1.91. The van der Waals surface area contributed by atoms with Crippen LogP contribution >= 0.6 is 0 Å². The predicted octanol–water partition coefficient (Wildman–Crippen LogP) is 2.07. The normalized spacial score (nSPS) is 37.3. The molecule has 0 amide bonds. The van der Waals surface area contributed by atoms with Gasteiger partial charge in [0.2, 0.25) is 0 Å². The number of nitrogens with zero attached hydrogens (tertiary/aromatic N) is 1. The van der Waals surface area contributed by atoms with E-state index in [4.69, 9.17) is 5.26 Å². The molecule has 0 aromatic carbocycles.